The van der Waals surface area contributed by atoms with E-state index in [-0.39, 0.29) is 5.69 Å². The third kappa shape index (κ3) is 3.46. The molecule has 10 heteroatoms. The second-order valence-corrected chi connectivity index (χ2v) is 4.52. The first-order valence-corrected chi connectivity index (χ1v) is 5.54. The summed E-state index contributed by atoms with van der Waals surface area (Å²) in [5.41, 5.74) is -0.225. The molecule has 3 N–H and O–H groups in total. The first-order valence-electron chi connectivity index (χ1n) is 4.00. The van der Waals surface area contributed by atoms with E-state index in [0.29, 0.717) is 6.07 Å². The number of aromatic nitrogens is 1. The molecular weight excluding hydrogens is 265 g/mol. The molecule has 6 nitrogen and oxygen atoms in total. The van der Waals surface area contributed by atoms with Crippen molar-refractivity contribution in [2.24, 2.45) is 5.14 Å². The molecule has 1 rings (SSSR count). The molecule has 0 radical (unpaired) electrons. The van der Waals surface area contributed by atoms with Crippen molar-refractivity contribution in [3.05, 3.63) is 11.8 Å². The second kappa shape index (κ2) is 4.04. The minimum absolute atomic E-state index is 0.225. The van der Waals surface area contributed by atoms with E-state index < -0.39 is 32.9 Å². The highest BCUT2D eigenvalue weighted by Crippen LogP contribution is 2.30. The monoisotopic (exact) mass is 272 g/mol. The molecule has 1 heterocycles. The number of halogens is 3. The van der Waals surface area contributed by atoms with Crippen LogP contribution in [0.1, 0.15) is 5.69 Å². The largest absolute Gasteiger partial charge is 0.574 e. The fourth-order valence-electron chi connectivity index (χ4n) is 0.942. The van der Waals surface area contributed by atoms with Gasteiger partial charge in [-0.15, -0.1) is 13.2 Å². The van der Waals surface area contributed by atoms with E-state index >= 15 is 0 Å². The Morgan fingerprint density at radius 3 is 2.41 bits per heavy atom. The van der Waals surface area contributed by atoms with Crippen LogP contribution in [-0.4, -0.2) is 24.9 Å². The van der Waals surface area contributed by atoms with E-state index in [0.717, 1.165) is 0 Å². The van der Waals surface area contributed by atoms with Gasteiger partial charge in [0.2, 0.25) is 15.9 Å². The smallest absolute Gasteiger partial charge is 0.506 e. The number of nitrogens with two attached hydrogens (primary N) is 1. The number of hydrogen-bond donors (Lipinski definition) is 2. The normalized spacial score (nSPS) is 12.5. The Hall–Kier alpha value is -1.55. The SMILES string of the molecule is Cc1nc(OC(F)(F)F)c(S(N)(=O)=O)cc1O. The van der Waals surface area contributed by atoms with Crippen molar-refractivity contribution in [3.8, 4) is 11.6 Å². The topological polar surface area (TPSA) is 103 Å². The Bertz CT molecular complexity index is 541. The molecular formula is C7H7F3N2O4S. The van der Waals surface area contributed by atoms with Gasteiger partial charge in [0.15, 0.2) is 0 Å². The van der Waals surface area contributed by atoms with Crippen molar-refractivity contribution in [1.82, 2.24) is 4.98 Å². The highest BCUT2D eigenvalue weighted by Gasteiger charge is 2.35. The minimum atomic E-state index is -5.12. The van der Waals surface area contributed by atoms with Crippen LogP contribution in [0.2, 0.25) is 0 Å². The van der Waals surface area contributed by atoms with Gasteiger partial charge >= 0.3 is 6.36 Å². The summed E-state index contributed by atoms with van der Waals surface area (Å²) in [6.07, 6.45) is -5.12. The predicted molar refractivity (Wildman–Crippen MR) is 48.7 cm³/mol. The van der Waals surface area contributed by atoms with E-state index in [1.807, 2.05) is 0 Å². The maximum absolute atomic E-state index is 12.0. The minimum Gasteiger partial charge on any atom is -0.506 e. The molecule has 0 aliphatic carbocycles. The molecule has 0 fully saturated rings. The van der Waals surface area contributed by atoms with Crippen LogP contribution in [0.4, 0.5) is 13.2 Å². The molecule has 0 saturated heterocycles. The maximum atomic E-state index is 12.0. The number of ether oxygens (including phenoxy) is 1. The predicted octanol–water partition coefficient (Wildman–Crippen LogP) is 0.642. The Balaban J connectivity index is 3.42. The fourth-order valence-corrected chi connectivity index (χ4v) is 1.55. The summed E-state index contributed by atoms with van der Waals surface area (Å²) in [5.74, 6) is -1.83. The van der Waals surface area contributed by atoms with E-state index in [2.05, 4.69) is 14.9 Å². The number of hydrogen-bond acceptors (Lipinski definition) is 5. The number of sulfonamides is 1. The van der Waals surface area contributed by atoms with Crippen molar-refractivity contribution in [3.63, 3.8) is 0 Å². The molecule has 0 amide bonds. The lowest BCUT2D eigenvalue weighted by atomic mass is 10.3. The molecule has 0 bridgehead atoms. The van der Waals surface area contributed by atoms with Gasteiger partial charge in [-0.25, -0.2) is 18.5 Å². The Kier molecular flexibility index (Phi) is 3.21. The molecule has 96 valence electrons. The third-order valence-electron chi connectivity index (χ3n) is 1.64. The zero-order chi connectivity index (χ0) is 13.4. The summed E-state index contributed by atoms with van der Waals surface area (Å²) >= 11 is 0. The lowest BCUT2D eigenvalue weighted by Gasteiger charge is -2.12. The molecule has 0 unspecified atom stereocenters. The second-order valence-electron chi connectivity index (χ2n) is 2.99. The van der Waals surface area contributed by atoms with Gasteiger partial charge in [0.25, 0.3) is 0 Å². The molecule has 17 heavy (non-hydrogen) atoms. The summed E-state index contributed by atoms with van der Waals surface area (Å²) in [7, 11) is -4.49. The summed E-state index contributed by atoms with van der Waals surface area (Å²) in [6, 6.07) is 0.540. The number of aromatic hydroxyl groups is 1. The fraction of sp³-hybridized carbons (Fsp3) is 0.286. The van der Waals surface area contributed by atoms with Gasteiger partial charge in [-0.1, -0.05) is 0 Å². The number of alkyl halides is 3. The summed E-state index contributed by atoms with van der Waals surface area (Å²) < 4.78 is 61.3. The van der Waals surface area contributed by atoms with Crippen molar-refractivity contribution >= 4 is 10.0 Å². The van der Waals surface area contributed by atoms with Crippen LogP contribution < -0.4 is 9.88 Å². The Labute approximate surface area is 93.9 Å². The van der Waals surface area contributed by atoms with Crippen LogP contribution in [0.5, 0.6) is 11.6 Å². The van der Waals surface area contributed by atoms with Gasteiger partial charge in [-0.2, -0.15) is 0 Å². The molecule has 1 aromatic heterocycles. The van der Waals surface area contributed by atoms with Gasteiger partial charge in [-0.3, -0.25) is 0 Å². The molecule has 0 aliphatic rings. The zero-order valence-electron chi connectivity index (χ0n) is 8.32. The molecule has 0 spiro atoms. The van der Waals surface area contributed by atoms with Crippen LogP contribution in [0.15, 0.2) is 11.0 Å². The average Bonchev–Trinajstić information content (AvgIpc) is 2.06. The van der Waals surface area contributed by atoms with Gasteiger partial charge in [0.05, 0.1) is 5.69 Å². The summed E-state index contributed by atoms with van der Waals surface area (Å²) in [6.45, 7) is 1.17. The van der Waals surface area contributed by atoms with Crippen molar-refractivity contribution < 1.29 is 31.4 Å². The van der Waals surface area contributed by atoms with E-state index in [1.165, 1.54) is 6.92 Å². The van der Waals surface area contributed by atoms with Gasteiger partial charge in [-0.05, 0) is 6.92 Å². The Morgan fingerprint density at radius 2 is 2.00 bits per heavy atom. The number of primary sulfonamides is 1. The van der Waals surface area contributed by atoms with Gasteiger partial charge < -0.3 is 9.84 Å². The van der Waals surface area contributed by atoms with Gasteiger partial charge in [0, 0.05) is 6.07 Å². The molecule has 1 aromatic rings. The van der Waals surface area contributed by atoms with Crippen LogP contribution in [-0.2, 0) is 10.0 Å². The summed E-state index contributed by atoms with van der Waals surface area (Å²) in [5, 5.41) is 13.8. The van der Waals surface area contributed by atoms with Crippen LogP contribution >= 0.6 is 0 Å². The van der Waals surface area contributed by atoms with Crippen LogP contribution in [0.3, 0.4) is 0 Å². The summed E-state index contributed by atoms with van der Waals surface area (Å²) in [4.78, 5) is 2.13. The van der Waals surface area contributed by atoms with Crippen LogP contribution in [0.25, 0.3) is 0 Å². The molecule has 0 aliphatic heterocycles. The first-order chi connectivity index (χ1) is 7.50. The quantitative estimate of drug-likeness (QED) is 0.822. The third-order valence-corrected chi connectivity index (χ3v) is 2.54. The standard InChI is InChI=1S/C7H7F3N2O4S/c1-3-4(13)2-5(17(11,14)15)6(12-3)16-7(8,9)10/h2,13H,1H3,(H2,11,14,15). The van der Waals surface area contributed by atoms with E-state index in [1.54, 1.807) is 0 Å². The number of rotatable bonds is 2. The number of nitrogens with zero attached hydrogens (tertiary/aromatic N) is 1. The zero-order valence-corrected chi connectivity index (χ0v) is 9.13. The van der Waals surface area contributed by atoms with Gasteiger partial charge in [0.1, 0.15) is 10.6 Å². The lowest BCUT2D eigenvalue weighted by molar-refractivity contribution is -0.277. The lowest BCUT2D eigenvalue weighted by Crippen LogP contribution is -2.22. The highest BCUT2D eigenvalue weighted by molar-refractivity contribution is 7.89. The van der Waals surface area contributed by atoms with Crippen LogP contribution in [0, 0.1) is 6.92 Å². The van der Waals surface area contributed by atoms with E-state index in [9.17, 15) is 21.6 Å². The maximum Gasteiger partial charge on any atom is 0.574 e. The highest BCUT2D eigenvalue weighted by atomic mass is 32.2. The molecule has 0 saturated carbocycles. The van der Waals surface area contributed by atoms with Crippen molar-refractivity contribution in [2.45, 2.75) is 18.2 Å². The number of pyridine rings is 1. The van der Waals surface area contributed by atoms with Crippen molar-refractivity contribution in [2.75, 3.05) is 0 Å². The molecule has 0 aromatic carbocycles. The van der Waals surface area contributed by atoms with E-state index in [4.69, 9.17) is 5.11 Å². The average molecular weight is 272 g/mol. The number of aryl methyl sites for hydroxylation is 1. The van der Waals surface area contributed by atoms with Crippen molar-refractivity contribution in [1.29, 1.82) is 0 Å². The Morgan fingerprint density at radius 1 is 1.47 bits per heavy atom. The first kappa shape index (κ1) is 13.5. The molecule has 0 atom stereocenters.